The SMILES string of the molecule is CCC[C@H](C)NC(=O)c1ccc(Cl)cc1[N+](=O)[O-]. The highest BCUT2D eigenvalue weighted by atomic mass is 35.5. The molecule has 0 saturated carbocycles. The van der Waals surface area contributed by atoms with Crippen molar-refractivity contribution >= 4 is 23.2 Å². The summed E-state index contributed by atoms with van der Waals surface area (Å²) in [6.45, 7) is 3.87. The fourth-order valence-corrected chi connectivity index (χ4v) is 1.82. The van der Waals surface area contributed by atoms with E-state index in [0.29, 0.717) is 0 Å². The smallest absolute Gasteiger partial charge is 0.283 e. The Morgan fingerprint density at radius 1 is 1.56 bits per heavy atom. The number of nitrogens with zero attached hydrogens (tertiary/aromatic N) is 1. The van der Waals surface area contributed by atoms with Crippen LogP contribution in [0.2, 0.25) is 5.02 Å². The summed E-state index contributed by atoms with van der Waals surface area (Å²) >= 11 is 5.68. The van der Waals surface area contributed by atoms with Crippen molar-refractivity contribution in [2.75, 3.05) is 0 Å². The maximum Gasteiger partial charge on any atom is 0.283 e. The van der Waals surface area contributed by atoms with Crippen LogP contribution < -0.4 is 5.32 Å². The van der Waals surface area contributed by atoms with Gasteiger partial charge in [-0.25, -0.2) is 0 Å². The van der Waals surface area contributed by atoms with Gasteiger partial charge in [-0.3, -0.25) is 14.9 Å². The Balaban J connectivity index is 2.95. The third-order valence-corrected chi connectivity index (χ3v) is 2.74. The van der Waals surface area contributed by atoms with Crippen LogP contribution >= 0.6 is 11.6 Å². The van der Waals surface area contributed by atoms with Crippen LogP contribution in [0.5, 0.6) is 0 Å². The van der Waals surface area contributed by atoms with Gasteiger partial charge < -0.3 is 5.32 Å². The lowest BCUT2D eigenvalue weighted by Crippen LogP contribution is -2.32. The van der Waals surface area contributed by atoms with Gasteiger partial charge in [0.05, 0.1) is 4.92 Å². The number of carbonyl (C=O) groups is 1. The third-order valence-electron chi connectivity index (χ3n) is 2.50. The number of nitro groups is 1. The first-order chi connectivity index (χ1) is 8.45. The number of halogens is 1. The summed E-state index contributed by atoms with van der Waals surface area (Å²) in [4.78, 5) is 22.2. The molecule has 0 fully saturated rings. The molecule has 0 aliphatic rings. The predicted octanol–water partition coefficient (Wildman–Crippen LogP) is 3.17. The molecule has 1 aromatic carbocycles. The Hall–Kier alpha value is -1.62. The van der Waals surface area contributed by atoms with Crippen LogP contribution in [0.3, 0.4) is 0 Å². The quantitative estimate of drug-likeness (QED) is 0.660. The second-order valence-electron chi connectivity index (χ2n) is 4.08. The van der Waals surface area contributed by atoms with Crippen molar-refractivity contribution in [3.63, 3.8) is 0 Å². The molecule has 0 spiro atoms. The molecule has 0 aromatic heterocycles. The third kappa shape index (κ3) is 3.70. The molecule has 0 unspecified atom stereocenters. The van der Waals surface area contributed by atoms with Gasteiger partial charge in [-0.15, -0.1) is 0 Å². The average Bonchev–Trinajstić information content (AvgIpc) is 2.28. The van der Waals surface area contributed by atoms with Crippen LogP contribution in [-0.2, 0) is 0 Å². The molecule has 1 rings (SSSR count). The first kappa shape index (κ1) is 14.4. The number of hydrogen-bond donors (Lipinski definition) is 1. The molecule has 0 saturated heterocycles. The topological polar surface area (TPSA) is 72.2 Å². The van der Waals surface area contributed by atoms with Gasteiger partial charge in [0.25, 0.3) is 11.6 Å². The van der Waals surface area contributed by atoms with Crippen LogP contribution in [0.4, 0.5) is 5.69 Å². The van der Waals surface area contributed by atoms with Gasteiger partial charge in [-0.05, 0) is 25.5 Å². The number of carbonyl (C=O) groups excluding carboxylic acids is 1. The van der Waals surface area contributed by atoms with Crippen molar-refractivity contribution < 1.29 is 9.72 Å². The fourth-order valence-electron chi connectivity index (χ4n) is 1.65. The van der Waals surface area contributed by atoms with Crippen molar-refractivity contribution in [2.45, 2.75) is 32.7 Å². The number of benzene rings is 1. The maximum absolute atomic E-state index is 11.9. The molecule has 0 heterocycles. The lowest BCUT2D eigenvalue weighted by atomic mass is 10.1. The minimum absolute atomic E-state index is 0.0159. The van der Waals surface area contributed by atoms with Crippen LogP contribution in [0.25, 0.3) is 0 Å². The summed E-state index contributed by atoms with van der Waals surface area (Å²) < 4.78 is 0. The lowest BCUT2D eigenvalue weighted by molar-refractivity contribution is -0.385. The van der Waals surface area contributed by atoms with Crippen LogP contribution in [-0.4, -0.2) is 16.9 Å². The monoisotopic (exact) mass is 270 g/mol. The molecular formula is C12H15ClN2O3. The van der Waals surface area contributed by atoms with E-state index in [9.17, 15) is 14.9 Å². The summed E-state index contributed by atoms with van der Waals surface area (Å²) in [5.74, 6) is -0.445. The Labute approximate surface area is 110 Å². The summed E-state index contributed by atoms with van der Waals surface area (Å²) in [6, 6.07) is 4.00. The van der Waals surface area contributed by atoms with Gasteiger partial charge in [0.15, 0.2) is 0 Å². The van der Waals surface area contributed by atoms with E-state index in [-0.39, 0.29) is 22.3 Å². The first-order valence-corrected chi connectivity index (χ1v) is 6.08. The van der Waals surface area contributed by atoms with E-state index in [4.69, 9.17) is 11.6 Å². The summed E-state index contributed by atoms with van der Waals surface area (Å²) in [6.07, 6.45) is 1.76. The minimum atomic E-state index is -0.606. The van der Waals surface area contributed by atoms with Crippen molar-refractivity contribution in [3.8, 4) is 0 Å². The van der Waals surface area contributed by atoms with Crippen molar-refractivity contribution in [1.82, 2.24) is 5.32 Å². The van der Waals surface area contributed by atoms with E-state index in [1.807, 2.05) is 13.8 Å². The summed E-state index contributed by atoms with van der Waals surface area (Å²) in [7, 11) is 0. The standard InChI is InChI=1S/C12H15ClN2O3/c1-3-4-8(2)14-12(16)10-6-5-9(13)7-11(10)15(17)18/h5-8H,3-4H2,1-2H3,(H,14,16)/t8-/m0/s1. The molecule has 1 amide bonds. The summed E-state index contributed by atoms with van der Waals surface area (Å²) in [5.41, 5.74) is -0.240. The van der Waals surface area contributed by atoms with Crippen LogP contribution in [0.1, 0.15) is 37.0 Å². The van der Waals surface area contributed by atoms with Gasteiger partial charge in [0.1, 0.15) is 5.56 Å². The second-order valence-corrected chi connectivity index (χ2v) is 4.52. The molecule has 0 aliphatic heterocycles. The summed E-state index contributed by atoms with van der Waals surface area (Å²) in [5, 5.41) is 13.8. The highest BCUT2D eigenvalue weighted by molar-refractivity contribution is 6.31. The highest BCUT2D eigenvalue weighted by Gasteiger charge is 2.21. The average molecular weight is 271 g/mol. The Morgan fingerprint density at radius 3 is 2.78 bits per heavy atom. The van der Waals surface area contributed by atoms with E-state index in [1.165, 1.54) is 18.2 Å². The normalized spacial score (nSPS) is 11.9. The number of hydrogen-bond acceptors (Lipinski definition) is 3. The van der Waals surface area contributed by atoms with E-state index >= 15 is 0 Å². The Morgan fingerprint density at radius 2 is 2.22 bits per heavy atom. The second kappa shape index (κ2) is 6.35. The van der Waals surface area contributed by atoms with Crippen LogP contribution in [0, 0.1) is 10.1 Å². The Bertz CT molecular complexity index is 463. The zero-order valence-corrected chi connectivity index (χ0v) is 11.0. The molecule has 1 atom stereocenters. The molecule has 18 heavy (non-hydrogen) atoms. The van der Waals surface area contributed by atoms with E-state index < -0.39 is 10.8 Å². The van der Waals surface area contributed by atoms with Crippen molar-refractivity contribution in [3.05, 3.63) is 38.9 Å². The lowest BCUT2D eigenvalue weighted by Gasteiger charge is -2.12. The van der Waals surface area contributed by atoms with Gasteiger partial charge in [-0.2, -0.15) is 0 Å². The molecule has 1 aromatic rings. The molecule has 0 radical (unpaired) electrons. The van der Waals surface area contributed by atoms with Crippen LogP contribution in [0.15, 0.2) is 18.2 Å². The number of amides is 1. The maximum atomic E-state index is 11.9. The molecule has 0 bridgehead atoms. The fraction of sp³-hybridized carbons (Fsp3) is 0.417. The molecule has 98 valence electrons. The number of nitro benzene ring substituents is 1. The van der Waals surface area contributed by atoms with E-state index in [0.717, 1.165) is 12.8 Å². The molecule has 6 heteroatoms. The zero-order chi connectivity index (χ0) is 13.7. The zero-order valence-electron chi connectivity index (χ0n) is 10.3. The largest absolute Gasteiger partial charge is 0.349 e. The van der Waals surface area contributed by atoms with Crippen molar-refractivity contribution in [1.29, 1.82) is 0 Å². The van der Waals surface area contributed by atoms with E-state index in [2.05, 4.69) is 5.32 Å². The molecular weight excluding hydrogens is 256 g/mol. The van der Waals surface area contributed by atoms with E-state index in [1.54, 1.807) is 0 Å². The number of nitrogens with one attached hydrogen (secondary N) is 1. The molecule has 0 aliphatic carbocycles. The van der Waals surface area contributed by atoms with Gasteiger partial charge in [0, 0.05) is 17.1 Å². The van der Waals surface area contributed by atoms with Gasteiger partial charge in [-0.1, -0.05) is 24.9 Å². The highest BCUT2D eigenvalue weighted by Crippen LogP contribution is 2.23. The predicted molar refractivity (Wildman–Crippen MR) is 69.9 cm³/mol. The first-order valence-electron chi connectivity index (χ1n) is 5.70. The molecule has 5 nitrogen and oxygen atoms in total. The van der Waals surface area contributed by atoms with Gasteiger partial charge in [0.2, 0.25) is 0 Å². The minimum Gasteiger partial charge on any atom is -0.349 e. The van der Waals surface area contributed by atoms with Crippen molar-refractivity contribution in [2.24, 2.45) is 0 Å². The molecule has 1 N–H and O–H groups in total. The Kier molecular flexibility index (Phi) is 5.09. The number of rotatable bonds is 5. The van der Waals surface area contributed by atoms with Gasteiger partial charge >= 0.3 is 0 Å².